The van der Waals surface area contributed by atoms with Gasteiger partial charge in [-0.2, -0.15) is 0 Å². The number of esters is 1. The molecule has 1 aromatic carbocycles. The Morgan fingerprint density at radius 2 is 2.04 bits per heavy atom. The maximum Gasteiger partial charge on any atom is 0.338 e. The number of carbonyl (C=O) groups is 3. The summed E-state index contributed by atoms with van der Waals surface area (Å²) in [6.07, 6.45) is 1.77. The van der Waals surface area contributed by atoms with Crippen molar-refractivity contribution in [2.24, 2.45) is 5.92 Å². The Balaban J connectivity index is 1.77. The van der Waals surface area contributed by atoms with Crippen molar-refractivity contribution < 1.29 is 23.9 Å². The van der Waals surface area contributed by atoms with Crippen LogP contribution in [0.1, 0.15) is 36.5 Å². The minimum absolute atomic E-state index is 0.157. The highest BCUT2D eigenvalue weighted by Crippen LogP contribution is 2.33. The highest BCUT2D eigenvalue weighted by molar-refractivity contribution is 6.21. The topological polar surface area (TPSA) is 72.9 Å². The lowest BCUT2D eigenvalue weighted by Crippen LogP contribution is -2.33. The molecule has 0 N–H and O–H groups in total. The Kier molecular flexibility index (Phi) is 4.43. The first-order valence-corrected chi connectivity index (χ1v) is 7.87. The number of anilines is 1. The largest absolute Gasteiger partial charge is 0.462 e. The predicted molar refractivity (Wildman–Crippen MR) is 82.0 cm³/mol. The predicted octanol–water partition coefficient (Wildman–Crippen LogP) is 1.92. The van der Waals surface area contributed by atoms with Crippen LogP contribution < -0.4 is 4.90 Å². The normalized spacial score (nSPS) is 24.3. The van der Waals surface area contributed by atoms with Crippen LogP contribution in [0.4, 0.5) is 5.69 Å². The van der Waals surface area contributed by atoms with Gasteiger partial charge in [-0.3, -0.25) is 14.5 Å². The van der Waals surface area contributed by atoms with Crippen molar-refractivity contribution >= 4 is 23.5 Å². The third-order valence-corrected chi connectivity index (χ3v) is 4.23. The van der Waals surface area contributed by atoms with E-state index in [0.29, 0.717) is 24.5 Å². The van der Waals surface area contributed by atoms with Gasteiger partial charge in [-0.05, 0) is 44.0 Å². The lowest BCUT2D eigenvalue weighted by atomic mass is 9.98. The molecule has 3 rings (SSSR count). The molecular weight excluding hydrogens is 298 g/mol. The second-order valence-corrected chi connectivity index (χ2v) is 5.70. The second-order valence-electron chi connectivity index (χ2n) is 5.70. The fourth-order valence-corrected chi connectivity index (χ4v) is 3.10. The first-order valence-electron chi connectivity index (χ1n) is 7.87. The van der Waals surface area contributed by atoms with Crippen LogP contribution in [0.25, 0.3) is 0 Å². The van der Waals surface area contributed by atoms with E-state index in [9.17, 15) is 14.4 Å². The fraction of sp³-hybridized carbons (Fsp3) is 0.471. The molecule has 0 spiro atoms. The van der Waals surface area contributed by atoms with Gasteiger partial charge in [0.05, 0.1) is 29.9 Å². The summed E-state index contributed by atoms with van der Waals surface area (Å²) in [6.45, 7) is 2.68. The molecule has 2 amide bonds. The molecule has 0 unspecified atom stereocenters. The van der Waals surface area contributed by atoms with Crippen LogP contribution in [0.3, 0.4) is 0 Å². The van der Waals surface area contributed by atoms with Crippen LogP contribution in [-0.2, 0) is 19.1 Å². The third kappa shape index (κ3) is 2.99. The van der Waals surface area contributed by atoms with Crippen LogP contribution >= 0.6 is 0 Å². The number of nitrogens with zero attached hydrogens (tertiary/aromatic N) is 1. The number of rotatable bonds is 4. The van der Waals surface area contributed by atoms with E-state index in [-0.39, 0.29) is 24.3 Å². The van der Waals surface area contributed by atoms with Gasteiger partial charge in [0.25, 0.3) is 0 Å². The van der Waals surface area contributed by atoms with Gasteiger partial charge < -0.3 is 9.47 Å². The second kappa shape index (κ2) is 6.50. The van der Waals surface area contributed by atoms with Crippen molar-refractivity contribution in [2.45, 2.75) is 32.3 Å². The minimum Gasteiger partial charge on any atom is -0.462 e. The lowest BCUT2D eigenvalue weighted by Gasteiger charge is -2.18. The number of hydrogen-bond acceptors (Lipinski definition) is 5. The molecule has 2 atom stereocenters. The van der Waals surface area contributed by atoms with Crippen molar-refractivity contribution in [3.8, 4) is 0 Å². The Bertz CT molecular complexity index is 618. The average Bonchev–Trinajstić information content (AvgIpc) is 3.16. The summed E-state index contributed by atoms with van der Waals surface area (Å²) in [6, 6.07) is 6.32. The molecule has 6 heteroatoms. The number of carbonyl (C=O) groups excluding carboxylic acids is 3. The Morgan fingerprint density at radius 3 is 2.65 bits per heavy atom. The Labute approximate surface area is 134 Å². The molecule has 0 aliphatic carbocycles. The maximum atomic E-state index is 12.6. The number of hydrogen-bond donors (Lipinski definition) is 0. The minimum atomic E-state index is -0.421. The zero-order valence-corrected chi connectivity index (χ0v) is 13.0. The van der Waals surface area contributed by atoms with Gasteiger partial charge in [-0.25, -0.2) is 4.79 Å². The van der Waals surface area contributed by atoms with E-state index in [1.807, 2.05) is 0 Å². The molecular formula is C17H19NO5. The first kappa shape index (κ1) is 15.7. The van der Waals surface area contributed by atoms with Crippen LogP contribution in [0.15, 0.2) is 24.3 Å². The summed E-state index contributed by atoms with van der Waals surface area (Å²) in [5.41, 5.74) is 0.874. The molecule has 23 heavy (non-hydrogen) atoms. The smallest absolute Gasteiger partial charge is 0.338 e. The molecule has 2 aliphatic heterocycles. The van der Waals surface area contributed by atoms with Crippen molar-refractivity contribution in [3.05, 3.63) is 29.8 Å². The third-order valence-electron chi connectivity index (χ3n) is 4.23. The van der Waals surface area contributed by atoms with E-state index in [1.165, 1.54) is 4.90 Å². The van der Waals surface area contributed by atoms with Crippen LogP contribution in [-0.4, -0.2) is 37.1 Å². The molecule has 0 aromatic heterocycles. The molecule has 6 nitrogen and oxygen atoms in total. The van der Waals surface area contributed by atoms with Crippen LogP contribution in [0.2, 0.25) is 0 Å². The highest BCUT2D eigenvalue weighted by Gasteiger charge is 2.44. The monoisotopic (exact) mass is 317 g/mol. The van der Waals surface area contributed by atoms with Gasteiger partial charge in [-0.15, -0.1) is 0 Å². The molecule has 0 saturated carbocycles. The molecule has 122 valence electrons. The molecule has 2 saturated heterocycles. The number of ether oxygens (including phenoxy) is 2. The van der Waals surface area contributed by atoms with E-state index in [2.05, 4.69) is 0 Å². The van der Waals surface area contributed by atoms with Crippen molar-refractivity contribution in [3.63, 3.8) is 0 Å². The zero-order chi connectivity index (χ0) is 16.4. The van der Waals surface area contributed by atoms with E-state index < -0.39 is 11.9 Å². The Morgan fingerprint density at radius 1 is 1.30 bits per heavy atom. The Hall–Kier alpha value is -2.21. The summed E-state index contributed by atoms with van der Waals surface area (Å²) in [5.74, 6) is -1.25. The number of amides is 2. The number of benzene rings is 1. The summed E-state index contributed by atoms with van der Waals surface area (Å²) in [7, 11) is 0. The van der Waals surface area contributed by atoms with Crippen LogP contribution in [0.5, 0.6) is 0 Å². The van der Waals surface area contributed by atoms with Gasteiger partial charge in [0.1, 0.15) is 0 Å². The maximum absolute atomic E-state index is 12.6. The molecule has 2 heterocycles. The van der Waals surface area contributed by atoms with Gasteiger partial charge in [-0.1, -0.05) is 0 Å². The lowest BCUT2D eigenvalue weighted by molar-refractivity contribution is -0.124. The quantitative estimate of drug-likeness (QED) is 0.626. The van der Waals surface area contributed by atoms with E-state index in [1.54, 1.807) is 31.2 Å². The van der Waals surface area contributed by atoms with E-state index in [4.69, 9.17) is 9.47 Å². The van der Waals surface area contributed by atoms with Crippen LogP contribution in [0, 0.1) is 5.92 Å². The van der Waals surface area contributed by atoms with Gasteiger partial charge >= 0.3 is 5.97 Å². The van der Waals surface area contributed by atoms with Crippen molar-refractivity contribution in [2.75, 3.05) is 18.1 Å². The van der Waals surface area contributed by atoms with Crippen molar-refractivity contribution in [1.29, 1.82) is 0 Å². The van der Waals surface area contributed by atoms with E-state index >= 15 is 0 Å². The standard InChI is InChI=1S/C17H19NO5/c1-2-22-17(21)11-5-7-12(8-6-11)18-15(19)10-13(16(18)20)14-4-3-9-23-14/h5-8,13-14H,2-4,9-10H2,1H3/t13-,14+/m1/s1. The molecule has 2 fully saturated rings. The van der Waals surface area contributed by atoms with Crippen molar-refractivity contribution in [1.82, 2.24) is 0 Å². The fourth-order valence-electron chi connectivity index (χ4n) is 3.10. The highest BCUT2D eigenvalue weighted by atomic mass is 16.5. The zero-order valence-electron chi connectivity index (χ0n) is 13.0. The summed E-state index contributed by atoms with van der Waals surface area (Å²) in [5, 5.41) is 0. The van der Waals surface area contributed by atoms with Gasteiger partial charge in [0, 0.05) is 13.0 Å². The summed E-state index contributed by atoms with van der Waals surface area (Å²) < 4.78 is 10.5. The number of imide groups is 1. The van der Waals surface area contributed by atoms with Gasteiger partial charge in [0.2, 0.25) is 11.8 Å². The molecule has 0 radical (unpaired) electrons. The molecule has 2 aliphatic rings. The summed E-state index contributed by atoms with van der Waals surface area (Å²) in [4.78, 5) is 37.6. The molecule has 1 aromatic rings. The summed E-state index contributed by atoms with van der Waals surface area (Å²) >= 11 is 0. The van der Waals surface area contributed by atoms with Gasteiger partial charge in [0.15, 0.2) is 0 Å². The van der Waals surface area contributed by atoms with E-state index in [0.717, 1.165) is 12.8 Å². The molecule has 0 bridgehead atoms. The SMILES string of the molecule is CCOC(=O)c1ccc(N2C(=O)C[C@H]([C@@H]3CCCO3)C2=O)cc1. The average molecular weight is 317 g/mol. The first-order chi connectivity index (χ1) is 11.1.